The molecule has 1 amide bonds. The third kappa shape index (κ3) is 4.84. The molecule has 0 aliphatic heterocycles. The van der Waals surface area contributed by atoms with Crippen molar-refractivity contribution >= 4 is 11.9 Å². The van der Waals surface area contributed by atoms with Gasteiger partial charge in [-0.1, -0.05) is 6.07 Å². The molecular formula is C15H21NO5. The fraction of sp³-hybridized carbons (Fsp3) is 0.467. The predicted molar refractivity (Wildman–Crippen MR) is 77.7 cm³/mol. The number of hydrogen-bond donors (Lipinski definition) is 1. The fourth-order valence-corrected chi connectivity index (χ4v) is 1.99. The summed E-state index contributed by atoms with van der Waals surface area (Å²) >= 11 is 0. The van der Waals surface area contributed by atoms with E-state index in [-0.39, 0.29) is 17.5 Å². The number of methoxy groups -OCH3 is 2. The minimum Gasteiger partial charge on any atom is -0.478 e. The van der Waals surface area contributed by atoms with Crippen molar-refractivity contribution in [2.24, 2.45) is 0 Å². The van der Waals surface area contributed by atoms with E-state index in [9.17, 15) is 9.59 Å². The highest BCUT2D eigenvalue weighted by atomic mass is 16.5. The lowest BCUT2D eigenvalue weighted by Crippen LogP contribution is -2.43. The molecule has 0 radical (unpaired) electrons. The second-order valence-corrected chi connectivity index (χ2v) is 4.68. The Kier molecular flexibility index (Phi) is 6.84. The van der Waals surface area contributed by atoms with Crippen molar-refractivity contribution in [3.05, 3.63) is 35.4 Å². The van der Waals surface area contributed by atoms with Crippen LogP contribution in [0.25, 0.3) is 0 Å². The second kappa shape index (κ2) is 8.39. The molecule has 1 rings (SSSR count). The van der Waals surface area contributed by atoms with E-state index >= 15 is 0 Å². The zero-order valence-corrected chi connectivity index (χ0v) is 12.5. The van der Waals surface area contributed by atoms with E-state index in [1.165, 1.54) is 12.1 Å². The summed E-state index contributed by atoms with van der Waals surface area (Å²) in [7, 11) is 3.13. The van der Waals surface area contributed by atoms with Gasteiger partial charge in [-0.05, 0) is 25.1 Å². The lowest BCUT2D eigenvalue weighted by molar-refractivity contribution is 0.0479. The van der Waals surface area contributed by atoms with Crippen LogP contribution < -0.4 is 0 Å². The Bertz CT molecular complexity index is 489. The normalized spacial score (nSPS) is 12.0. The Balaban J connectivity index is 2.98. The quantitative estimate of drug-likeness (QED) is 0.786. The summed E-state index contributed by atoms with van der Waals surface area (Å²) in [4.78, 5) is 25.2. The van der Waals surface area contributed by atoms with Gasteiger partial charge in [-0.25, -0.2) is 4.79 Å². The largest absolute Gasteiger partial charge is 0.478 e. The number of hydrogen-bond acceptors (Lipinski definition) is 4. The lowest BCUT2D eigenvalue weighted by Gasteiger charge is -2.28. The third-order valence-corrected chi connectivity index (χ3v) is 3.09. The summed E-state index contributed by atoms with van der Waals surface area (Å²) in [6, 6.07) is 5.87. The number of carbonyl (C=O) groups is 2. The van der Waals surface area contributed by atoms with Crippen molar-refractivity contribution in [1.82, 2.24) is 4.90 Å². The molecule has 0 aliphatic carbocycles. The van der Waals surface area contributed by atoms with Crippen LogP contribution in [0.3, 0.4) is 0 Å². The fourth-order valence-electron chi connectivity index (χ4n) is 1.99. The van der Waals surface area contributed by atoms with Crippen LogP contribution in [0.15, 0.2) is 24.3 Å². The molecule has 1 atom stereocenters. The standard InChI is InChI=1S/C15H21NO5/c1-11(10-21-3)16(7-8-20-2)14(17)12-5-4-6-13(9-12)15(18)19/h4-6,9,11H,7-8,10H2,1-3H3,(H,18,19). The van der Waals surface area contributed by atoms with Gasteiger partial charge in [0.1, 0.15) is 0 Å². The van der Waals surface area contributed by atoms with Gasteiger partial charge in [0, 0.05) is 26.3 Å². The van der Waals surface area contributed by atoms with E-state index < -0.39 is 5.97 Å². The molecule has 0 heterocycles. The highest BCUT2D eigenvalue weighted by molar-refractivity contribution is 5.97. The molecule has 0 spiro atoms. The third-order valence-electron chi connectivity index (χ3n) is 3.09. The summed E-state index contributed by atoms with van der Waals surface area (Å²) < 4.78 is 10.1. The SMILES string of the molecule is COCCN(C(=O)c1cccc(C(=O)O)c1)C(C)COC. The number of ether oxygens (including phenoxy) is 2. The molecule has 116 valence electrons. The number of nitrogens with zero attached hydrogens (tertiary/aromatic N) is 1. The molecule has 6 heteroatoms. The topological polar surface area (TPSA) is 76.1 Å². The first-order valence-electron chi connectivity index (χ1n) is 6.63. The summed E-state index contributed by atoms with van der Waals surface area (Å²) in [5.74, 6) is -1.29. The average molecular weight is 295 g/mol. The number of amides is 1. The highest BCUT2D eigenvalue weighted by Crippen LogP contribution is 2.11. The van der Waals surface area contributed by atoms with E-state index in [1.54, 1.807) is 31.3 Å². The van der Waals surface area contributed by atoms with Crippen LogP contribution in [0, 0.1) is 0 Å². The molecule has 0 fully saturated rings. The monoisotopic (exact) mass is 295 g/mol. The maximum absolute atomic E-state index is 12.6. The molecule has 1 N–H and O–H groups in total. The van der Waals surface area contributed by atoms with Gasteiger partial charge < -0.3 is 19.5 Å². The Morgan fingerprint density at radius 2 is 1.90 bits per heavy atom. The zero-order chi connectivity index (χ0) is 15.8. The summed E-state index contributed by atoms with van der Waals surface area (Å²) in [5, 5.41) is 9.00. The summed E-state index contributed by atoms with van der Waals surface area (Å²) in [5.41, 5.74) is 0.431. The number of rotatable bonds is 8. The highest BCUT2D eigenvalue weighted by Gasteiger charge is 2.22. The van der Waals surface area contributed by atoms with Gasteiger partial charge in [0.15, 0.2) is 0 Å². The van der Waals surface area contributed by atoms with Crippen molar-refractivity contribution in [2.75, 3.05) is 34.0 Å². The Hall–Kier alpha value is -1.92. The molecule has 0 bridgehead atoms. The molecular weight excluding hydrogens is 274 g/mol. The summed E-state index contributed by atoms with van der Waals surface area (Å²) in [6.07, 6.45) is 0. The van der Waals surface area contributed by atoms with Crippen LogP contribution in [0.1, 0.15) is 27.6 Å². The van der Waals surface area contributed by atoms with Crippen LogP contribution in [0.5, 0.6) is 0 Å². The number of aromatic carboxylic acids is 1. The Morgan fingerprint density at radius 3 is 2.48 bits per heavy atom. The molecule has 21 heavy (non-hydrogen) atoms. The van der Waals surface area contributed by atoms with Crippen LogP contribution >= 0.6 is 0 Å². The first-order valence-corrected chi connectivity index (χ1v) is 6.63. The molecule has 0 aliphatic rings. The van der Waals surface area contributed by atoms with Gasteiger partial charge in [0.25, 0.3) is 5.91 Å². The van der Waals surface area contributed by atoms with Crippen molar-refractivity contribution in [3.63, 3.8) is 0 Å². The summed E-state index contributed by atoms with van der Waals surface area (Å²) in [6.45, 7) is 3.09. The Morgan fingerprint density at radius 1 is 1.24 bits per heavy atom. The minimum absolute atomic E-state index is 0.0898. The van der Waals surface area contributed by atoms with Gasteiger partial charge >= 0.3 is 5.97 Å². The van der Waals surface area contributed by atoms with Crippen molar-refractivity contribution < 1.29 is 24.2 Å². The Labute approximate surface area is 124 Å². The molecule has 0 aromatic heterocycles. The number of carboxylic acids is 1. The first kappa shape index (κ1) is 17.1. The van der Waals surface area contributed by atoms with Crippen molar-refractivity contribution in [2.45, 2.75) is 13.0 Å². The zero-order valence-electron chi connectivity index (χ0n) is 12.5. The molecule has 6 nitrogen and oxygen atoms in total. The predicted octanol–water partition coefficient (Wildman–Crippen LogP) is 1.51. The molecule has 0 saturated heterocycles. The minimum atomic E-state index is -1.06. The number of carbonyl (C=O) groups excluding carboxylic acids is 1. The lowest BCUT2D eigenvalue weighted by atomic mass is 10.1. The van der Waals surface area contributed by atoms with Gasteiger partial charge in [-0.15, -0.1) is 0 Å². The van der Waals surface area contributed by atoms with E-state index in [4.69, 9.17) is 14.6 Å². The van der Waals surface area contributed by atoms with Crippen molar-refractivity contribution in [3.8, 4) is 0 Å². The van der Waals surface area contributed by atoms with Crippen LogP contribution in [0.2, 0.25) is 0 Å². The van der Waals surface area contributed by atoms with Gasteiger partial charge in [0.05, 0.1) is 24.8 Å². The molecule has 1 aromatic carbocycles. The van der Waals surface area contributed by atoms with Gasteiger partial charge in [-0.3, -0.25) is 4.79 Å². The maximum Gasteiger partial charge on any atom is 0.335 e. The van der Waals surface area contributed by atoms with Gasteiger partial charge in [0.2, 0.25) is 0 Å². The van der Waals surface area contributed by atoms with Gasteiger partial charge in [-0.2, -0.15) is 0 Å². The second-order valence-electron chi connectivity index (χ2n) is 4.68. The van der Waals surface area contributed by atoms with Crippen LogP contribution in [0.4, 0.5) is 0 Å². The number of benzene rings is 1. The first-order chi connectivity index (χ1) is 10.0. The van der Waals surface area contributed by atoms with E-state index in [0.717, 1.165) is 0 Å². The number of carboxylic acid groups (broad SMARTS) is 1. The average Bonchev–Trinajstić information content (AvgIpc) is 2.47. The molecule has 0 saturated carbocycles. The van der Waals surface area contributed by atoms with Crippen LogP contribution in [-0.4, -0.2) is 61.9 Å². The van der Waals surface area contributed by atoms with E-state index in [2.05, 4.69) is 0 Å². The van der Waals surface area contributed by atoms with Crippen molar-refractivity contribution in [1.29, 1.82) is 0 Å². The van der Waals surface area contributed by atoms with Crippen LogP contribution in [-0.2, 0) is 9.47 Å². The molecule has 1 aromatic rings. The maximum atomic E-state index is 12.6. The smallest absolute Gasteiger partial charge is 0.335 e. The van der Waals surface area contributed by atoms with E-state index in [0.29, 0.717) is 25.3 Å². The molecule has 1 unspecified atom stereocenters. The van der Waals surface area contributed by atoms with E-state index in [1.807, 2.05) is 6.92 Å².